The number of halogens is 1. The zero-order chi connectivity index (χ0) is 25.9. The second-order valence-electron chi connectivity index (χ2n) is 10.0. The van der Waals surface area contributed by atoms with Gasteiger partial charge in [0.2, 0.25) is 0 Å². The summed E-state index contributed by atoms with van der Waals surface area (Å²) < 4.78 is 1.22. The molecule has 4 aromatic heterocycles. The Labute approximate surface area is 237 Å². The first kappa shape index (κ1) is 22.5. The topological polar surface area (TPSA) is 63.2 Å². The molecule has 4 nitrogen and oxygen atoms in total. The number of H-pyrrole nitrogens is 4. The molecular formula is C34H23IN4. The fourth-order valence-electron chi connectivity index (χ4n) is 5.67. The fourth-order valence-corrected chi connectivity index (χ4v) is 6.03. The Hall–Kier alpha value is -4.49. The SMILES string of the molecule is Ic1ccc(-c2cc3[nH]c2C=c2[nH]c(c4c2ccc2ccccc24)=Cc2ccc([nH]2)C=c2ccc([nH]2)=C3)cc1. The van der Waals surface area contributed by atoms with Crippen LogP contribution in [0.1, 0.15) is 22.8 Å². The third kappa shape index (κ3) is 3.97. The van der Waals surface area contributed by atoms with Crippen LogP contribution in [0.3, 0.4) is 0 Å². The standard InChI is InChI=1S/C34H23IN4/c35-22-8-5-21(6-9-22)30-17-27-16-25-11-10-23(36-25)15-24-12-13-26(37-24)18-33-34-28-4-2-1-3-20(28)7-14-29(34)31(39-33)19-32(30)38-27/h1-19,36-39H. The second kappa shape index (κ2) is 8.78. The lowest BCUT2D eigenvalue weighted by molar-refractivity contribution is 1.23. The molecule has 4 N–H and O–H groups in total. The minimum atomic E-state index is 1.05. The molecule has 0 saturated heterocycles. The first-order valence-electron chi connectivity index (χ1n) is 13.0. The van der Waals surface area contributed by atoms with Gasteiger partial charge in [-0.25, -0.2) is 0 Å². The fraction of sp³-hybridized carbons (Fsp3) is 0. The zero-order valence-electron chi connectivity index (χ0n) is 20.8. The number of benzene rings is 3. The van der Waals surface area contributed by atoms with Crippen LogP contribution in [-0.4, -0.2) is 19.9 Å². The monoisotopic (exact) mass is 614 g/mol. The Balaban J connectivity index is 1.50. The van der Waals surface area contributed by atoms with Crippen molar-refractivity contribution >= 4 is 68.4 Å². The lowest BCUT2D eigenvalue weighted by Gasteiger charge is -2.01. The number of hydrogen-bond donors (Lipinski definition) is 4. The normalized spacial score (nSPS) is 12.5. The molecule has 0 unspecified atom stereocenters. The smallest absolute Gasteiger partial charge is 0.0492 e. The second-order valence-corrected chi connectivity index (χ2v) is 11.3. The third-order valence-electron chi connectivity index (χ3n) is 7.45. The summed E-state index contributed by atoms with van der Waals surface area (Å²) in [4.78, 5) is 14.6. The third-order valence-corrected chi connectivity index (χ3v) is 8.17. The number of rotatable bonds is 1. The number of aromatic nitrogens is 4. The summed E-state index contributed by atoms with van der Waals surface area (Å²) in [6, 6.07) is 32.5. The summed E-state index contributed by atoms with van der Waals surface area (Å²) in [5.74, 6) is 0. The van der Waals surface area contributed by atoms with Gasteiger partial charge in [0.25, 0.3) is 0 Å². The molecule has 39 heavy (non-hydrogen) atoms. The molecule has 8 rings (SSSR count). The molecule has 5 heterocycles. The van der Waals surface area contributed by atoms with Crippen molar-refractivity contribution in [2.75, 3.05) is 0 Å². The lowest BCUT2D eigenvalue weighted by Crippen LogP contribution is -2.11. The number of hydrogen-bond acceptors (Lipinski definition) is 0. The molecular weight excluding hydrogens is 591 g/mol. The predicted octanol–water partition coefficient (Wildman–Crippen LogP) is 5.21. The zero-order valence-corrected chi connectivity index (χ0v) is 23.0. The highest BCUT2D eigenvalue weighted by molar-refractivity contribution is 14.1. The van der Waals surface area contributed by atoms with Crippen molar-refractivity contribution in [3.63, 3.8) is 0 Å². The maximum absolute atomic E-state index is 3.77. The van der Waals surface area contributed by atoms with Gasteiger partial charge >= 0.3 is 0 Å². The summed E-state index contributed by atoms with van der Waals surface area (Å²) in [5.41, 5.74) is 6.57. The van der Waals surface area contributed by atoms with Gasteiger partial charge in [-0.3, -0.25) is 0 Å². The molecule has 0 aliphatic carbocycles. The Kier molecular flexibility index (Phi) is 5.06. The van der Waals surface area contributed by atoms with E-state index < -0.39 is 0 Å². The van der Waals surface area contributed by atoms with Crippen LogP contribution in [0.5, 0.6) is 0 Å². The average molecular weight is 614 g/mol. The van der Waals surface area contributed by atoms with Crippen LogP contribution >= 0.6 is 22.6 Å². The van der Waals surface area contributed by atoms with Gasteiger partial charge in [0, 0.05) is 64.1 Å². The minimum Gasteiger partial charge on any atom is -0.355 e. The van der Waals surface area contributed by atoms with Crippen LogP contribution in [0.25, 0.3) is 57.0 Å². The van der Waals surface area contributed by atoms with E-state index in [-0.39, 0.29) is 0 Å². The number of nitrogens with one attached hydrogen (secondary N) is 4. The first-order valence-corrected chi connectivity index (χ1v) is 14.0. The molecule has 1 aliphatic heterocycles. The van der Waals surface area contributed by atoms with Crippen molar-refractivity contribution in [3.05, 3.63) is 139 Å². The maximum Gasteiger partial charge on any atom is 0.0492 e. The van der Waals surface area contributed by atoms with Gasteiger partial charge in [0.15, 0.2) is 0 Å². The molecule has 5 heteroatoms. The van der Waals surface area contributed by atoms with Crippen molar-refractivity contribution < 1.29 is 0 Å². The summed E-state index contributed by atoms with van der Waals surface area (Å²) in [6.07, 6.45) is 8.76. The van der Waals surface area contributed by atoms with Crippen molar-refractivity contribution in [1.29, 1.82) is 0 Å². The van der Waals surface area contributed by atoms with Crippen LogP contribution < -0.4 is 21.4 Å². The quantitative estimate of drug-likeness (QED) is 0.184. The molecule has 8 bridgehead atoms. The van der Waals surface area contributed by atoms with Crippen LogP contribution in [0, 0.1) is 3.57 Å². The summed E-state index contributed by atoms with van der Waals surface area (Å²) in [6.45, 7) is 0. The van der Waals surface area contributed by atoms with Gasteiger partial charge in [-0.2, -0.15) is 0 Å². The molecule has 1 aliphatic rings. The molecule has 0 radical (unpaired) electrons. The van der Waals surface area contributed by atoms with Crippen LogP contribution in [-0.2, 0) is 0 Å². The Morgan fingerprint density at radius 1 is 0.513 bits per heavy atom. The van der Waals surface area contributed by atoms with E-state index in [9.17, 15) is 0 Å². The van der Waals surface area contributed by atoms with E-state index in [0.29, 0.717) is 0 Å². The van der Waals surface area contributed by atoms with Crippen molar-refractivity contribution in [3.8, 4) is 11.1 Å². The molecule has 0 saturated carbocycles. The molecule has 186 valence electrons. The van der Waals surface area contributed by atoms with E-state index in [0.717, 1.165) is 44.2 Å². The Morgan fingerprint density at radius 3 is 2.13 bits per heavy atom. The molecule has 0 atom stereocenters. The van der Waals surface area contributed by atoms with Crippen molar-refractivity contribution in [2.45, 2.75) is 0 Å². The molecule has 0 spiro atoms. The minimum absolute atomic E-state index is 1.05. The highest BCUT2D eigenvalue weighted by Gasteiger charge is 2.11. The van der Waals surface area contributed by atoms with Gasteiger partial charge in [-0.15, -0.1) is 0 Å². The molecule has 0 amide bonds. The summed E-state index contributed by atoms with van der Waals surface area (Å²) in [5, 5.41) is 9.17. The van der Waals surface area contributed by atoms with Crippen molar-refractivity contribution in [2.24, 2.45) is 0 Å². The van der Waals surface area contributed by atoms with E-state index >= 15 is 0 Å². The summed E-state index contributed by atoms with van der Waals surface area (Å²) in [7, 11) is 0. The molecule has 0 fully saturated rings. The Morgan fingerprint density at radius 2 is 1.28 bits per heavy atom. The maximum atomic E-state index is 3.77. The average Bonchev–Trinajstić information content (AvgIpc) is 3.73. The van der Waals surface area contributed by atoms with E-state index in [4.69, 9.17) is 0 Å². The highest BCUT2D eigenvalue weighted by Crippen LogP contribution is 2.27. The van der Waals surface area contributed by atoms with E-state index in [1.54, 1.807) is 0 Å². The van der Waals surface area contributed by atoms with Gasteiger partial charge < -0.3 is 19.9 Å². The van der Waals surface area contributed by atoms with Gasteiger partial charge in [0.05, 0.1) is 0 Å². The highest BCUT2D eigenvalue weighted by atomic mass is 127. The number of aromatic amines is 4. The van der Waals surface area contributed by atoms with E-state index in [1.165, 1.54) is 36.2 Å². The largest absolute Gasteiger partial charge is 0.355 e. The van der Waals surface area contributed by atoms with E-state index in [1.807, 2.05) is 0 Å². The van der Waals surface area contributed by atoms with Crippen LogP contribution in [0.2, 0.25) is 0 Å². The predicted molar refractivity (Wildman–Crippen MR) is 169 cm³/mol. The van der Waals surface area contributed by atoms with E-state index in [2.05, 4.69) is 158 Å². The molecule has 7 aromatic rings. The lowest BCUT2D eigenvalue weighted by atomic mass is 10.0. The van der Waals surface area contributed by atoms with Gasteiger partial charge in [-0.05, 0) is 106 Å². The van der Waals surface area contributed by atoms with Crippen LogP contribution in [0.15, 0.2) is 91.0 Å². The number of fused-ring (bicyclic) bond motifs is 13. The summed E-state index contributed by atoms with van der Waals surface area (Å²) >= 11 is 2.36. The Bertz CT molecular complexity index is 2290. The van der Waals surface area contributed by atoms with Gasteiger partial charge in [0.1, 0.15) is 0 Å². The molecule has 3 aromatic carbocycles. The van der Waals surface area contributed by atoms with Gasteiger partial charge in [-0.1, -0.05) is 48.5 Å². The van der Waals surface area contributed by atoms with Crippen molar-refractivity contribution in [1.82, 2.24) is 19.9 Å². The van der Waals surface area contributed by atoms with Crippen LogP contribution in [0.4, 0.5) is 0 Å². The first-order chi connectivity index (χ1) is 19.2.